The fraction of sp³-hybridized carbons (Fsp3) is 0.154. The molecular weight excluding hydrogens is 346 g/mol. The zero-order valence-corrected chi connectivity index (χ0v) is 12.7. The van der Waals surface area contributed by atoms with E-state index in [1.165, 1.54) is 5.56 Å². The van der Waals surface area contributed by atoms with Crippen LogP contribution >= 0.6 is 31.9 Å². The van der Waals surface area contributed by atoms with Gasteiger partial charge in [-0.3, -0.25) is 0 Å². The normalized spacial score (nSPS) is 10.4. The van der Waals surface area contributed by atoms with Crippen molar-refractivity contribution >= 4 is 31.9 Å². The Kier molecular flexibility index (Phi) is 3.84. The molecule has 0 saturated carbocycles. The smallest absolute Gasteiger partial charge is 0.233 e. The molecule has 0 radical (unpaired) electrons. The molecule has 2 aromatic rings. The summed E-state index contributed by atoms with van der Waals surface area (Å²) in [7, 11) is 0. The molecule has 0 aliphatic carbocycles. The third-order valence-corrected chi connectivity index (χ3v) is 3.43. The van der Waals surface area contributed by atoms with E-state index >= 15 is 0 Å². The Labute approximate surface area is 117 Å². The number of nitrogens with zero attached hydrogens (tertiary/aromatic N) is 1. The van der Waals surface area contributed by atoms with E-state index in [9.17, 15) is 0 Å². The van der Waals surface area contributed by atoms with Crippen molar-refractivity contribution in [2.75, 3.05) is 0 Å². The molecule has 4 heteroatoms. The number of benzene rings is 1. The van der Waals surface area contributed by atoms with E-state index in [1.54, 1.807) is 6.20 Å². The van der Waals surface area contributed by atoms with Crippen LogP contribution in [0.4, 0.5) is 0 Å². The van der Waals surface area contributed by atoms with E-state index < -0.39 is 0 Å². The maximum absolute atomic E-state index is 5.75. The highest BCUT2D eigenvalue weighted by molar-refractivity contribution is 9.11. The first-order valence-electron chi connectivity index (χ1n) is 5.12. The molecule has 1 aromatic carbocycles. The van der Waals surface area contributed by atoms with Gasteiger partial charge < -0.3 is 4.74 Å². The number of hydrogen-bond acceptors (Lipinski definition) is 2. The van der Waals surface area contributed by atoms with Crippen LogP contribution in [0.1, 0.15) is 11.1 Å². The van der Waals surface area contributed by atoms with Gasteiger partial charge in [-0.1, -0.05) is 6.07 Å². The van der Waals surface area contributed by atoms with Gasteiger partial charge in [-0.15, -0.1) is 0 Å². The van der Waals surface area contributed by atoms with Crippen LogP contribution in [0.5, 0.6) is 11.6 Å². The minimum absolute atomic E-state index is 0.570. The van der Waals surface area contributed by atoms with Crippen LogP contribution in [0.2, 0.25) is 0 Å². The number of aromatic nitrogens is 1. The van der Waals surface area contributed by atoms with E-state index in [2.05, 4.69) is 36.8 Å². The van der Waals surface area contributed by atoms with E-state index in [4.69, 9.17) is 4.74 Å². The second kappa shape index (κ2) is 5.19. The molecule has 1 heterocycles. The maximum Gasteiger partial charge on any atom is 0.233 e. The second-order valence-electron chi connectivity index (χ2n) is 3.84. The average molecular weight is 357 g/mol. The monoisotopic (exact) mass is 355 g/mol. The van der Waals surface area contributed by atoms with E-state index in [-0.39, 0.29) is 0 Å². The van der Waals surface area contributed by atoms with Crippen LogP contribution in [0.3, 0.4) is 0 Å². The first-order chi connectivity index (χ1) is 8.06. The number of aryl methyl sites for hydroxylation is 2. The third-order valence-electron chi connectivity index (χ3n) is 2.24. The van der Waals surface area contributed by atoms with Gasteiger partial charge in [0.2, 0.25) is 5.88 Å². The standard InChI is InChI=1S/C13H11Br2NO/c1-8-3-4-12(10(14)5-8)17-13-11(15)6-9(2)7-16-13/h3-7H,1-2H3. The molecule has 0 aliphatic heterocycles. The van der Waals surface area contributed by atoms with Gasteiger partial charge in [-0.2, -0.15) is 0 Å². The van der Waals surface area contributed by atoms with Gasteiger partial charge in [0, 0.05) is 6.20 Å². The summed E-state index contributed by atoms with van der Waals surface area (Å²) in [4.78, 5) is 4.25. The van der Waals surface area contributed by atoms with Gasteiger partial charge in [0.25, 0.3) is 0 Å². The molecule has 0 atom stereocenters. The Hall–Kier alpha value is -0.870. The summed E-state index contributed by atoms with van der Waals surface area (Å²) in [5, 5.41) is 0. The van der Waals surface area contributed by atoms with Crippen LogP contribution in [0, 0.1) is 13.8 Å². The number of ether oxygens (including phenoxy) is 1. The summed E-state index contributed by atoms with van der Waals surface area (Å²) < 4.78 is 7.52. The molecular formula is C13H11Br2NO. The molecule has 0 amide bonds. The predicted octanol–water partition coefficient (Wildman–Crippen LogP) is 5.02. The van der Waals surface area contributed by atoms with Crippen LogP contribution < -0.4 is 4.74 Å². The Bertz CT molecular complexity index is 506. The van der Waals surface area contributed by atoms with Crippen molar-refractivity contribution in [1.82, 2.24) is 4.98 Å². The summed E-state index contributed by atoms with van der Waals surface area (Å²) in [6.07, 6.45) is 1.78. The molecule has 0 unspecified atom stereocenters. The minimum atomic E-state index is 0.570. The first kappa shape index (κ1) is 12.6. The van der Waals surface area contributed by atoms with Gasteiger partial charge in [-0.05, 0) is 75.0 Å². The largest absolute Gasteiger partial charge is 0.437 e. The zero-order valence-electron chi connectivity index (χ0n) is 9.50. The summed E-state index contributed by atoms with van der Waals surface area (Å²) in [6, 6.07) is 7.91. The molecule has 0 saturated heterocycles. The van der Waals surface area contributed by atoms with E-state index in [1.807, 2.05) is 38.1 Å². The van der Waals surface area contributed by atoms with Crippen molar-refractivity contribution in [3.05, 3.63) is 50.5 Å². The quantitative estimate of drug-likeness (QED) is 0.754. The maximum atomic E-state index is 5.75. The predicted molar refractivity (Wildman–Crippen MR) is 75.6 cm³/mol. The highest BCUT2D eigenvalue weighted by Crippen LogP contribution is 2.33. The SMILES string of the molecule is Cc1ccc(Oc2ncc(C)cc2Br)c(Br)c1. The molecule has 88 valence electrons. The topological polar surface area (TPSA) is 22.1 Å². The lowest BCUT2D eigenvalue weighted by molar-refractivity contribution is 0.456. The van der Waals surface area contributed by atoms with Gasteiger partial charge in [0.15, 0.2) is 0 Å². The highest BCUT2D eigenvalue weighted by Gasteiger charge is 2.07. The van der Waals surface area contributed by atoms with Crippen LogP contribution in [-0.4, -0.2) is 4.98 Å². The number of pyridine rings is 1. The lowest BCUT2D eigenvalue weighted by Crippen LogP contribution is -1.91. The van der Waals surface area contributed by atoms with Crippen molar-refractivity contribution in [2.24, 2.45) is 0 Å². The van der Waals surface area contributed by atoms with E-state index in [0.717, 1.165) is 20.3 Å². The molecule has 0 N–H and O–H groups in total. The van der Waals surface area contributed by atoms with Crippen molar-refractivity contribution < 1.29 is 4.74 Å². The van der Waals surface area contributed by atoms with Crippen LogP contribution in [0.15, 0.2) is 39.4 Å². The van der Waals surface area contributed by atoms with Crippen molar-refractivity contribution in [3.8, 4) is 11.6 Å². The molecule has 2 rings (SSSR count). The zero-order chi connectivity index (χ0) is 12.4. The summed E-state index contributed by atoms with van der Waals surface area (Å²) in [5.41, 5.74) is 2.27. The fourth-order valence-electron chi connectivity index (χ4n) is 1.39. The molecule has 0 fully saturated rings. The average Bonchev–Trinajstić information content (AvgIpc) is 2.25. The van der Waals surface area contributed by atoms with E-state index in [0.29, 0.717) is 5.88 Å². The van der Waals surface area contributed by atoms with Gasteiger partial charge >= 0.3 is 0 Å². The van der Waals surface area contributed by atoms with Gasteiger partial charge in [-0.25, -0.2) is 4.98 Å². The minimum Gasteiger partial charge on any atom is -0.437 e. The van der Waals surface area contributed by atoms with Crippen LogP contribution in [0.25, 0.3) is 0 Å². The Morgan fingerprint density at radius 2 is 1.71 bits per heavy atom. The highest BCUT2D eigenvalue weighted by atomic mass is 79.9. The van der Waals surface area contributed by atoms with Gasteiger partial charge in [0.05, 0.1) is 8.95 Å². The lowest BCUT2D eigenvalue weighted by atomic mass is 10.2. The van der Waals surface area contributed by atoms with Crippen LogP contribution in [-0.2, 0) is 0 Å². The lowest BCUT2D eigenvalue weighted by Gasteiger charge is -2.09. The molecule has 0 spiro atoms. The molecule has 17 heavy (non-hydrogen) atoms. The summed E-state index contributed by atoms with van der Waals surface area (Å²) in [5.74, 6) is 1.33. The number of rotatable bonds is 2. The summed E-state index contributed by atoms with van der Waals surface area (Å²) in [6.45, 7) is 4.03. The second-order valence-corrected chi connectivity index (χ2v) is 5.54. The number of hydrogen-bond donors (Lipinski definition) is 0. The Balaban J connectivity index is 2.31. The fourth-order valence-corrected chi connectivity index (χ4v) is 2.51. The third kappa shape index (κ3) is 3.07. The van der Waals surface area contributed by atoms with Crippen molar-refractivity contribution in [3.63, 3.8) is 0 Å². The summed E-state index contributed by atoms with van der Waals surface area (Å²) >= 11 is 6.92. The molecule has 0 aliphatic rings. The van der Waals surface area contributed by atoms with Gasteiger partial charge in [0.1, 0.15) is 5.75 Å². The Morgan fingerprint density at radius 1 is 1.00 bits per heavy atom. The number of halogens is 2. The van der Waals surface area contributed by atoms with Crippen molar-refractivity contribution in [2.45, 2.75) is 13.8 Å². The molecule has 2 nitrogen and oxygen atoms in total. The van der Waals surface area contributed by atoms with Crippen molar-refractivity contribution in [1.29, 1.82) is 0 Å². The molecule has 1 aromatic heterocycles. The first-order valence-corrected chi connectivity index (χ1v) is 6.71. The molecule has 0 bridgehead atoms. The Morgan fingerprint density at radius 3 is 2.35 bits per heavy atom.